The van der Waals surface area contributed by atoms with Gasteiger partial charge in [0.1, 0.15) is 0 Å². The van der Waals surface area contributed by atoms with Gasteiger partial charge in [-0.2, -0.15) is 0 Å². The third-order valence-corrected chi connectivity index (χ3v) is 5.39. The number of nitro benzene ring substituents is 1. The molecule has 0 aliphatic rings. The van der Waals surface area contributed by atoms with Gasteiger partial charge in [-0.05, 0) is 30.2 Å². The van der Waals surface area contributed by atoms with Crippen LogP contribution in [-0.2, 0) is 26.0 Å². The maximum Gasteiger partial charge on any atom is 0.270 e. The topological polar surface area (TPSA) is 128 Å². The number of amides is 1. The van der Waals surface area contributed by atoms with Gasteiger partial charge < -0.3 is 10.1 Å². The first-order chi connectivity index (χ1) is 13.2. The van der Waals surface area contributed by atoms with Crippen molar-refractivity contribution in [2.45, 2.75) is 18.2 Å². The molecule has 1 amide bonds. The van der Waals surface area contributed by atoms with E-state index in [0.29, 0.717) is 24.3 Å². The second-order valence-electron chi connectivity index (χ2n) is 6.03. The molecule has 10 heteroatoms. The number of nitro groups is 1. The summed E-state index contributed by atoms with van der Waals surface area (Å²) in [5.74, 6) is -0.169. The van der Waals surface area contributed by atoms with E-state index in [2.05, 4.69) is 10.0 Å². The third kappa shape index (κ3) is 5.76. The lowest BCUT2D eigenvalue weighted by Crippen LogP contribution is -2.28. The molecule has 0 unspecified atom stereocenters. The molecular weight excluding hydrogens is 386 g/mol. The molecule has 2 rings (SSSR count). The number of rotatable bonds is 9. The molecule has 0 radical (unpaired) electrons. The fraction of sp³-hybridized carbons (Fsp3) is 0.278. The average Bonchev–Trinajstić information content (AvgIpc) is 2.63. The van der Waals surface area contributed by atoms with Crippen LogP contribution in [0.3, 0.4) is 0 Å². The monoisotopic (exact) mass is 407 g/mol. The first-order valence-electron chi connectivity index (χ1n) is 8.35. The fourth-order valence-corrected chi connectivity index (χ4v) is 3.76. The van der Waals surface area contributed by atoms with Gasteiger partial charge in [-0.3, -0.25) is 19.6 Å². The zero-order valence-corrected chi connectivity index (χ0v) is 16.3. The number of aryl methyl sites for hydroxylation is 1. The molecule has 0 heterocycles. The normalized spacial score (nSPS) is 11.1. The Bertz CT molecular complexity index is 958. The minimum Gasteiger partial charge on any atom is -0.383 e. The van der Waals surface area contributed by atoms with Crippen molar-refractivity contribution in [3.05, 3.63) is 63.7 Å². The van der Waals surface area contributed by atoms with Gasteiger partial charge in [-0.1, -0.05) is 18.2 Å². The Hall–Kier alpha value is -2.98. The number of carbonyl (C=O) groups excluding carboxylic acids is 1. The van der Waals surface area contributed by atoms with Crippen molar-refractivity contribution in [1.82, 2.24) is 5.32 Å². The number of methoxy groups -OCH3 is 1. The summed E-state index contributed by atoms with van der Waals surface area (Å²) in [6, 6.07) is 9.99. The summed E-state index contributed by atoms with van der Waals surface area (Å²) in [6.45, 7) is 2.39. The highest BCUT2D eigenvalue weighted by atomic mass is 32.2. The van der Waals surface area contributed by atoms with Gasteiger partial charge in [0.05, 0.1) is 22.8 Å². The molecule has 9 nitrogen and oxygen atoms in total. The molecule has 2 aromatic rings. The van der Waals surface area contributed by atoms with Gasteiger partial charge in [-0.25, -0.2) is 8.42 Å². The van der Waals surface area contributed by atoms with Crippen LogP contribution in [0.4, 0.5) is 11.4 Å². The summed E-state index contributed by atoms with van der Waals surface area (Å²) in [7, 11) is -2.46. The highest BCUT2D eigenvalue weighted by molar-refractivity contribution is 7.92. The van der Waals surface area contributed by atoms with Crippen LogP contribution in [0, 0.1) is 17.0 Å². The number of nitrogens with zero attached hydrogens (tertiary/aromatic N) is 1. The summed E-state index contributed by atoms with van der Waals surface area (Å²) in [6.07, 6.45) is 0.154. The van der Waals surface area contributed by atoms with Crippen LogP contribution in [0.25, 0.3) is 0 Å². The van der Waals surface area contributed by atoms with Crippen LogP contribution < -0.4 is 10.0 Å². The predicted octanol–water partition coefficient (Wildman–Crippen LogP) is 2.01. The Morgan fingerprint density at radius 3 is 2.46 bits per heavy atom. The Morgan fingerprint density at radius 2 is 1.86 bits per heavy atom. The zero-order chi connectivity index (χ0) is 20.7. The van der Waals surface area contributed by atoms with Crippen LogP contribution in [0.1, 0.15) is 11.1 Å². The van der Waals surface area contributed by atoms with Crippen LogP contribution in [-0.4, -0.2) is 39.5 Å². The number of non-ortho nitro benzene ring substituents is 1. The van der Waals surface area contributed by atoms with E-state index in [1.54, 1.807) is 26.2 Å². The molecule has 0 aromatic heterocycles. The van der Waals surface area contributed by atoms with Crippen molar-refractivity contribution in [3.63, 3.8) is 0 Å². The molecule has 28 heavy (non-hydrogen) atoms. The minimum atomic E-state index is -4.00. The summed E-state index contributed by atoms with van der Waals surface area (Å²) in [5.41, 5.74) is 1.09. The Labute approximate surface area is 162 Å². The molecule has 0 saturated carbocycles. The van der Waals surface area contributed by atoms with Crippen LogP contribution in [0.5, 0.6) is 0 Å². The first-order valence-corrected chi connectivity index (χ1v) is 9.83. The molecule has 0 aliphatic carbocycles. The second-order valence-corrected chi connectivity index (χ2v) is 7.68. The van der Waals surface area contributed by atoms with Gasteiger partial charge in [0.2, 0.25) is 5.91 Å². The molecule has 0 spiro atoms. The van der Waals surface area contributed by atoms with E-state index < -0.39 is 14.9 Å². The molecule has 0 bridgehead atoms. The van der Waals surface area contributed by atoms with Crippen molar-refractivity contribution in [3.8, 4) is 0 Å². The average molecular weight is 407 g/mol. The Morgan fingerprint density at radius 1 is 1.18 bits per heavy atom. The number of hydrogen-bond donors (Lipinski definition) is 2. The largest absolute Gasteiger partial charge is 0.383 e. The number of nitrogens with one attached hydrogen (secondary N) is 2. The lowest BCUT2D eigenvalue weighted by Gasteiger charge is -2.11. The third-order valence-electron chi connectivity index (χ3n) is 3.87. The molecule has 2 aromatic carbocycles. The quantitative estimate of drug-likeness (QED) is 0.372. The van der Waals surface area contributed by atoms with Gasteiger partial charge in [0, 0.05) is 31.5 Å². The SMILES string of the molecule is COCCNC(=O)Cc1ccc(NS(=O)(=O)c2cc([N+](=O)[O-])ccc2C)cc1. The highest BCUT2D eigenvalue weighted by Crippen LogP contribution is 2.24. The Kier molecular flexibility index (Phi) is 7.07. The maximum absolute atomic E-state index is 12.6. The van der Waals surface area contributed by atoms with Crippen molar-refractivity contribution in [2.24, 2.45) is 0 Å². The standard InChI is InChI=1S/C18H21N3O6S/c1-13-3-8-16(21(23)24)12-17(13)28(25,26)20-15-6-4-14(5-7-15)11-18(22)19-9-10-27-2/h3-8,12,20H,9-11H2,1-2H3,(H,19,22). The van der Waals surface area contributed by atoms with Crippen molar-refractivity contribution < 1.29 is 22.9 Å². The number of carbonyl (C=O) groups is 1. The molecular formula is C18H21N3O6S. The van der Waals surface area contributed by atoms with Gasteiger partial charge in [-0.15, -0.1) is 0 Å². The molecule has 2 N–H and O–H groups in total. The smallest absolute Gasteiger partial charge is 0.270 e. The zero-order valence-electron chi connectivity index (χ0n) is 15.5. The van der Waals surface area contributed by atoms with E-state index in [1.807, 2.05) is 0 Å². The number of sulfonamides is 1. The summed E-state index contributed by atoms with van der Waals surface area (Å²) in [5, 5.41) is 13.6. The number of anilines is 1. The summed E-state index contributed by atoms with van der Waals surface area (Å²) in [4.78, 5) is 21.9. The number of hydrogen-bond acceptors (Lipinski definition) is 6. The highest BCUT2D eigenvalue weighted by Gasteiger charge is 2.20. The minimum absolute atomic E-state index is 0.154. The van der Waals surface area contributed by atoms with Crippen LogP contribution >= 0.6 is 0 Å². The summed E-state index contributed by atoms with van der Waals surface area (Å²) < 4.78 is 32.4. The lowest BCUT2D eigenvalue weighted by atomic mass is 10.1. The molecule has 0 saturated heterocycles. The van der Waals surface area contributed by atoms with E-state index in [1.165, 1.54) is 24.3 Å². The van der Waals surface area contributed by atoms with E-state index in [0.717, 1.165) is 6.07 Å². The van der Waals surface area contributed by atoms with E-state index in [-0.39, 0.29) is 28.6 Å². The van der Waals surface area contributed by atoms with Gasteiger partial charge >= 0.3 is 0 Å². The number of benzene rings is 2. The van der Waals surface area contributed by atoms with Gasteiger partial charge in [0.15, 0.2) is 0 Å². The summed E-state index contributed by atoms with van der Waals surface area (Å²) >= 11 is 0. The van der Waals surface area contributed by atoms with Crippen LogP contribution in [0.2, 0.25) is 0 Å². The van der Waals surface area contributed by atoms with E-state index >= 15 is 0 Å². The fourth-order valence-electron chi connectivity index (χ4n) is 2.43. The first kappa shape index (κ1) is 21.3. The molecule has 0 aliphatic heterocycles. The molecule has 150 valence electrons. The lowest BCUT2D eigenvalue weighted by molar-refractivity contribution is -0.385. The van der Waals surface area contributed by atoms with Crippen LogP contribution in [0.15, 0.2) is 47.4 Å². The Balaban J connectivity index is 2.10. The van der Waals surface area contributed by atoms with Gasteiger partial charge in [0.25, 0.3) is 15.7 Å². The predicted molar refractivity (Wildman–Crippen MR) is 104 cm³/mol. The second kappa shape index (κ2) is 9.29. The number of ether oxygens (including phenoxy) is 1. The van der Waals surface area contributed by atoms with Crippen molar-refractivity contribution in [2.75, 3.05) is 25.0 Å². The molecule has 0 fully saturated rings. The van der Waals surface area contributed by atoms with Crippen molar-refractivity contribution in [1.29, 1.82) is 0 Å². The van der Waals surface area contributed by atoms with Crippen molar-refractivity contribution >= 4 is 27.3 Å². The molecule has 0 atom stereocenters. The maximum atomic E-state index is 12.6. The van der Waals surface area contributed by atoms with E-state index in [4.69, 9.17) is 4.74 Å². The van der Waals surface area contributed by atoms with E-state index in [9.17, 15) is 23.3 Å².